The molecule has 2 rings (SSSR count). The van der Waals surface area contributed by atoms with Crippen molar-refractivity contribution in [3.8, 4) is 5.75 Å². The summed E-state index contributed by atoms with van der Waals surface area (Å²) in [6, 6.07) is 8.54. The van der Waals surface area contributed by atoms with Gasteiger partial charge in [0.25, 0.3) is 0 Å². The fraction of sp³-hybridized carbons (Fsp3) is 0.500. The Morgan fingerprint density at radius 3 is 2.22 bits per heavy atom. The van der Waals surface area contributed by atoms with Gasteiger partial charge in [0.1, 0.15) is 30.2 Å². The Labute approximate surface area is 260 Å². The van der Waals surface area contributed by atoms with Crippen LogP contribution in [-0.4, -0.2) is 55.7 Å². The van der Waals surface area contributed by atoms with E-state index >= 15 is 4.39 Å². The third-order valence-corrected chi connectivity index (χ3v) is 6.48. The number of aldehydes is 1. The number of carbonyl (C=O) groups is 4. The Bertz CT molecular complexity index is 1330. The molecule has 9 nitrogen and oxygen atoms in total. The van der Waals surface area contributed by atoms with Crippen LogP contribution in [0.25, 0.3) is 0 Å². The highest BCUT2D eigenvalue weighted by molar-refractivity contribution is 6.02. The molecule has 0 aromatic heterocycles. The molecule has 0 fully saturated rings. The number of alkyl carbamates (subject to hydrolysis) is 1. The number of ether oxygens (including phenoxy) is 3. The largest absolute Gasteiger partial charge is 0.487 e. The molecule has 1 atom stereocenters. The van der Waals surface area contributed by atoms with E-state index in [1.165, 1.54) is 0 Å². The SMILES string of the molecule is COC(=O)CN(C(=O)C(F)(F)F)c1c(OCc2ccccc2)cc(C=O)c(C[C@H](CCCC(C)C)NC(=O)OC(C)(C)C)c1F. The van der Waals surface area contributed by atoms with Crippen LogP contribution < -0.4 is 15.0 Å². The van der Waals surface area contributed by atoms with Gasteiger partial charge in [0.15, 0.2) is 12.1 Å². The molecule has 0 heterocycles. The fourth-order valence-corrected chi connectivity index (χ4v) is 4.40. The van der Waals surface area contributed by atoms with Gasteiger partial charge in [0, 0.05) is 17.2 Å². The molecule has 1 N–H and O–H groups in total. The first-order chi connectivity index (χ1) is 21.0. The second-order valence-corrected chi connectivity index (χ2v) is 11.8. The minimum absolute atomic E-state index is 0.116. The number of benzene rings is 2. The molecule has 0 aliphatic carbocycles. The van der Waals surface area contributed by atoms with Gasteiger partial charge in [-0.15, -0.1) is 0 Å². The lowest BCUT2D eigenvalue weighted by Gasteiger charge is -2.28. The number of rotatable bonds is 14. The Morgan fingerprint density at radius 2 is 1.69 bits per heavy atom. The summed E-state index contributed by atoms with van der Waals surface area (Å²) < 4.78 is 73.4. The van der Waals surface area contributed by atoms with Gasteiger partial charge in [-0.2, -0.15) is 13.2 Å². The lowest BCUT2D eigenvalue weighted by atomic mass is 9.94. The predicted octanol–water partition coefficient (Wildman–Crippen LogP) is 6.55. The number of carbonyl (C=O) groups excluding carboxylic acids is 4. The van der Waals surface area contributed by atoms with E-state index in [1.54, 1.807) is 51.1 Å². The first-order valence-electron chi connectivity index (χ1n) is 14.4. The molecule has 0 spiro atoms. The zero-order chi connectivity index (χ0) is 33.9. The van der Waals surface area contributed by atoms with E-state index in [1.807, 2.05) is 13.8 Å². The lowest BCUT2D eigenvalue weighted by molar-refractivity contribution is -0.171. The monoisotopic (exact) mass is 640 g/mol. The smallest absolute Gasteiger partial charge is 0.471 e. The number of esters is 1. The first-order valence-corrected chi connectivity index (χ1v) is 14.4. The molecule has 45 heavy (non-hydrogen) atoms. The average molecular weight is 641 g/mol. The van der Waals surface area contributed by atoms with Crippen LogP contribution in [0.2, 0.25) is 0 Å². The van der Waals surface area contributed by atoms with Gasteiger partial charge in [-0.3, -0.25) is 19.3 Å². The van der Waals surface area contributed by atoms with Crippen LogP contribution in [0.4, 0.5) is 28.0 Å². The summed E-state index contributed by atoms with van der Waals surface area (Å²) in [6.45, 7) is 7.37. The summed E-state index contributed by atoms with van der Waals surface area (Å²) in [5.41, 5.74) is -1.98. The van der Waals surface area contributed by atoms with Crippen molar-refractivity contribution in [1.29, 1.82) is 0 Å². The molecule has 0 saturated carbocycles. The van der Waals surface area contributed by atoms with Gasteiger partial charge in [0.2, 0.25) is 0 Å². The molecule has 248 valence electrons. The van der Waals surface area contributed by atoms with E-state index in [2.05, 4.69) is 10.1 Å². The van der Waals surface area contributed by atoms with Gasteiger partial charge >= 0.3 is 24.1 Å². The second-order valence-electron chi connectivity index (χ2n) is 11.8. The minimum Gasteiger partial charge on any atom is -0.487 e. The Morgan fingerprint density at radius 1 is 1.04 bits per heavy atom. The summed E-state index contributed by atoms with van der Waals surface area (Å²) in [7, 11) is 0.896. The van der Waals surface area contributed by atoms with Crippen LogP contribution in [0.1, 0.15) is 75.4 Å². The number of anilines is 1. The summed E-state index contributed by atoms with van der Waals surface area (Å²) in [5.74, 6) is -5.49. The predicted molar refractivity (Wildman–Crippen MR) is 159 cm³/mol. The Balaban J connectivity index is 2.72. The van der Waals surface area contributed by atoms with Crippen molar-refractivity contribution in [3.63, 3.8) is 0 Å². The third-order valence-electron chi connectivity index (χ3n) is 6.48. The van der Waals surface area contributed by atoms with Crippen molar-refractivity contribution < 1.29 is 51.0 Å². The number of methoxy groups -OCH3 is 1. The molecule has 13 heteroatoms. The van der Waals surface area contributed by atoms with Crippen molar-refractivity contribution >= 4 is 29.9 Å². The molecule has 0 aliphatic heterocycles. The van der Waals surface area contributed by atoms with Crippen molar-refractivity contribution in [2.45, 2.75) is 84.7 Å². The lowest BCUT2D eigenvalue weighted by Crippen LogP contribution is -2.45. The topological polar surface area (TPSA) is 111 Å². The highest BCUT2D eigenvalue weighted by Crippen LogP contribution is 2.39. The maximum atomic E-state index is 16.6. The van der Waals surface area contributed by atoms with Crippen LogP contribution in [0.5, 0.6) is 5.75 Å². The van der Waals surface area contributed by atoms with E-state index in [-0.39, 0.29) is 29.1 Å². The molecule has 2 amide bonds. The number of hydrogen-bond acceptors (Lipinski definition) is 7. The summed E-state index contributed by atoms with van der Waals surface area (Å²) in [6.07, 6.45) is -4.74. The van der Waals surface area contributed by atoms with E-state index in [0.29, 0.717) is 30.6 Å². The Kier molecular flexibility index (Phi) is 13.4. The minimum atomic E-state index is -5.52. The van der Waals surface area contributed by atoms with Gasteiger partial charge < -0.3 is 19.5 Å². The molecular formula is C32H40F4N2O7. The number of amides is 2. The highest BCUT2D eigenvalue weighted by Gasteiger charge is 2.46. The summed E-state index contributed by atoms with van der Waals surface area (Å²) >= 11 is 0. The normalized spacial score (nSPS) is 12.3. The van der Waals surface area contributed by atoms with Gasteiger partial charge in [-0.25, -0.2) is 9.18 Å². The molecule has 0 aliphatic rings. The zero-order valence-corrected chi connectivity index (χ0v) is 26.3. The van der Waals surface area contributed by atoms with Gasteiger partial charge in [0.05, 0.1) is 7.11 Å². The van der Waals surface area contributed by atoms with Gasteiger partial charge in [-0.05, 0) is 51.2 Å². The van der Waals surface area contributed by atoms with Crippen molar-refractivity contribution in [1.82, 2.24) is 5.32 Å². The number of alkyl halides is 3. The number of halogens is 4. The van der Waals surface area contributed by atoms with E-state index in [9.17, 15) is 32.3 Å². The molecule has 0 bridgehead atoms. The van der Waals surface area contributed by atoms with Crippen molar-refractivity contribution in [2.24, 2.45) is 5.92 Å². The number of hydrogen-bond donors (Lipinski definition) is 1. The number of nitrogens with one attached hydrogen (secondary N) is 1. The van der Waals surface area contributed by atoms with Gasteiger partial charge in [-0.1, -0.05) is 57.0 Å². The number of nitrogens with zero attached hydrogens (tertiary/aromatic N) is 1. The maximum absolute atomic E-state index is 16.6. The van der Waals surface area contributed by atoms with E-state index in [4.69, 9.17) is 9.47 Å². The van der Waals surface area contributed by atoms with Crippen molar-refractivity contribution in [2.75, 3.05) is 18.6 Å². The van der Waals surface area contributed by atoms with E-state index in [0.717, 1.165) is 19.6 Å². The highest BCUT2D eigenvalue weighted by atomic mass is 19.4. The van der Waals surface area contributed by atoms with Crippen LogP contribution in [0, 0.1) is 11.7 Å². The first kappa shape index (κ1) is 37.0. The third kappa shape index (κ3) is 11.7. The quantitative estimate of drug-likeness (QED) is 0.142. The van der Waals surface area contributed by atoms with Crippen LogP contribution in [-0.2, 0) is 32.1 Å². The summed E-state index contributed by atoms with van der Waals surface area (Å²) in [5, 5.41) is 2.66. The zero-order valence-electron chi connectivity index (χ0n) is 26.3. The van der Waals surface area contributed by atoms with Crippen LogP contribution in [0.3, 0.4) is 0 Å². The molecule has 0 unspecified atom stereocenters. The van der Waals surface area contributed by atoms with Crippen LogP contribution in [0.15, 0.2) is 36.4 Å². The fourth-order valence-electron chi connectivity index (χ4n) is 4.40. The standard InChI is InChI=1S/C32H40F4N2O7/c1-20(2)11-10-14-23(37-30(42)45-31(3,4)5)16-24-22(18-39)15-25(44-19-21-12-8-7-9-13-21)28(27(24)33)38(17-26(40)43-6)29(41)32(34,35)36/h7-9,12-13,15,18,20,23H,10-11,14,16-17,19H2,1-6H3,(H,37,42)/t23-/m0/s1. The Hall–Kier alpha value is -4.16. The van der Waals surface area contributed by atoms with E-state index < -0.39 is 59.6 Å². The molecular weight excluding hydrogens is 600 g/mol. The average Bonchev–Trinajstić information content (AvgIpc) is 2.94. The van der Waals surface area contributed by atoms with Crippen molar-refractivity contribution in [3.05, 3.63) is 58.9 Å². The molecule has 0 radical (unpaired) electrons. The van der Waals surface area contributed by atoms with Crippen LogP contribution >= 0.6 is 0 Å². The molecule has 2 aromatic carbocycles. The molecule has 2 aromatic rings. The summed E-state index contributed by atoms with van der Waals surface area (Å²) in [4.78, 5) is 49.5. The molecule has 0 saturated heterocycles. The maximum Gasteiger partial charge on any atom is 0.471 e. The second kappa shape index (κ2) is 16.2.